The van der Waals surface area contributed by atoms with Gasteiger partial charge in [-0.05, 0) is 50.7 Å². The second-order valence-corrected chi connectivity index (χ2v) is 5.41. The molecule has 0 saturated heterocycles. The van der Waals surface area contributed by atoms with Gasteiger partial charge in [-0.15, -0.1) is 0 Å². The fourth-order valence-corrected chi connectivity index (χ4v) is 1.86. The quantitative estimate of drug-likeness (QED) is 0.631. The molecule has 1 aromatic rings. The van der Waals surface area contributed by atoms with Gasteiger partial charge in [0.25, 0.3) is 0 Å². The first-order chi connectivity index (χ1) is 6.50. The van der Waals surface area contributed by atoms with Gasteiger partial charge in [-0.2, -0.15) is 0 Å². The van der Waals surface area contributed by atoms with Crippen molar-refractivity contribution < 1.29 is 4.39 Å². The van der Waals surface area contributed by atoms with Gasteiger partial charge in [-0.1, -0.05) is 13.8 Å². The molecule has 0 atom stereocenters. The van der Waals surface area contributed by atoms with E-state index in [1.807, 2.05) is 19.9 Å². The lowest BCUT2D eigenvalue weighted by Gasteiger charge is -2.09. The Morgan fingerprint density at radius 2 is 2.14 bits per heavy atom. The summed E-state index contributed by atoms with van der Waals surface area (Å²) in [6, 6.07) is 3.74. The van der Waals surface area contributed by atoms with E-state index >= 15 is 0 Å². The Morgan fingerprint density at radius 3 is 2.71 bits per heavy atom. The Balaban J connectivity index is 2.82. The lowest BCUT2D eigenvalue weighted by atomic mass is 10.2. The van der Waals surface area contributed by atoms with Crippen molar-refractivity contribution in [1.29, 1.82) is 0 Å². The molecule has 14 heavy (non-hydrogen) atoms. The van der Waals surface area contributed by atoms with Gasteiger partial charge in [0.1, 0.15) is 5.82 Å². The maximum atomic E-state index is 13.4. The van der Waals surface area contributed by atoms with Crippen molar-refractivity contribution >= 4 is 38.5 Å². The maximum Gasteiger partial charge on any atom is 0.128 e. The lowest BCUT2D eigenvalue weighted by Crippen LogP contribution is -2.22. The summed E-state index contributed by atoms with van der Waals surface area (Å²) in [4.78, 5) is 0. The summed E-state index contributed by atoms with van der Waals surface area (Å²) in [7, 11) is 0. The smallest absolute Gasteiger partial charge is 0.128 e. The first-order valence-electron chi connectivity index (χ1n) is 4.37. The minimum Gasteiger partial charge on any atom is -0.310 e. The Morgan fingerprint density at radius 1 is 1.50 bits per heavy atom. The largest absolute Gasteiger partial charge is 0.310 e. The van der Waals surface area contributed by atoms with E-state index in [4.69, 9.17) is 0 Å². The predicted molar refractivity (Wildman–Crippen MR) is 68.8 cm³/mol. The number of benzene rings is 1. The first-order valence-corrected chi connectivity index (χ1v) is 6.24. The normalized spacial score (nSPS) is 11.0. The number of nitrogens with one attached hydrogen (secondary N) is 1. The van der Waals surface area contributed by atoms with Crippen LogP contribution < -0.4 is 5.32 Å². The van der Waals surface area contributed by atoms with Gasteiger partial charge < -0.3 is 5.32 Å². The van der Waals surface area contributed by atoms with E-state index in [1.54, 1.807) is 0 Å². The highest BCUT2D eigenvalue weighted by Gasteiger charge is 2.06. The van der Waals surface area contributed by atoms with Gasteiger partial charge in [-0.3, -0.25) is 0 Å². The Kier molecular flexibility index (Phi) is 4.79. The molecule has 1 aromatic carbocycles. The van der Waals surface area contributed by atoms with Crippen LogP contribution >= 0.6 is 38.5 Å². The van der Waals surface area contributed by atoms with Crippen LogP contribution in [-0.4, -0.2) is 6.04 Å². The zero-order valence-electron chi connectivity index (χ0n) is 8.07. The van der Waals surface area contributed by atoms with E-state index in [-0.39, 0.29) is 5.82 Å². The molecule has 0 radical (unpaired) electrons. The van der Waals surface area contributed by atoms with E-state index in [9.17, 15) is 4.39 Å². The number of halogens is 3. The van der Waals surface area contributed by atoms with Crippen LogP contribution in [0, 0.1) is 9.39 Å². The van der Waals surface area contributed by atoms with Crippen LogP contribution in [0.5, 0.6) is 0 Å². The van der Waals surface area contributed by atoms with E-state index in [2.05, 4.69) is 43.8 Å². The summed E-state index contributed by atoms with van der Waals surface area (Å²) in [5.41, 5.74) is 0.714. The second kappa shape index (κ2) is 5.42. The highest BCUT2D eigenvalue weighted by molar-refractivity contribution is 14.1. The van der Waals surface area contributed by atoms with Crippen LogP contribution in [0.3, 0.4) is 0 Å². The monoisotopic (exact) mass is 371 g/mol. The van der Waals surface area contributed by atoms with Gasteiger partial charge in [0.05, 0.1) is 0 Å². The van der Waals surface area contributed by atoms with Gasteiger partial charge >= 0.3 is 0 Å². The molecule has 0 aliphatic heterocycles. The molecule has 78 valence electrons. The summed E-state index contributed by atoms with van der Waals surface area (Å²) in [5.74, 6) is -0.162. The number of hydrogen-bond donors (Lipinski definition) is 1. The molecular weight excluding hydrogens is 360 g/mol. The van der Waals surface area contributed by atoms with Crippen molar-refractivity contribution in [3.63, 3.8) is 0 Å². The molecule has 0 aliphatic carbocycles. The Labute approximate surface area is 106 Å². The van der Waals surface area contributed by atoms with Crippen LogP contribution in [0.1, 0.15) is 19.4 Å². The molecule has 1 rings (SSSR count). The third-order valence-corrected chi connectivity index (χ3v) is 4.08. The number of rotatable bonds is 3. The van der Waals surface area contributed by atoms with Gasteiger partial charge in [0.15, 0.2) is 0 Å². The fraction of sp³-hybridized carbons (Fsp3) is 0.400. The van der Waals surface area contributed by atoms with E-state index in [0.29, 0.717) is 18.2 Å². The summed E-state index contributed by atoms with van der Waals surface area (Å²) in [6.07, 6.45) is 0. The van der Waals surface area contributed by atoms with Crippen LogP contribution in [0.4, 0.5) is 4.39 Å². The Bertz CT molecular complexity index is 328. The van der Waals surface area contributed by atoms with E-state index < -0.39 is 0 Å². The van der Waals surface area contributed by atoms with Crippen LogP contribution in [-0.2, 0) is 6.54 Å². The van der Waals surface area contributed by atoms with Crippen molar-refractivity contribution in [2.24, 2.45) is 0 Å². The first kappa shape index (κ1) is 12.4. The molecular formula is C10H12BrFIN. The predicted octanol–water partition coefficient (Wildman–Crippen LogP) is 3.69. The zero-order valence-corrected chi connectivity index (χ0v) is 11.8. The molecule has 0 fully saturated rings. The van der Waals surface area contributed by atoms with Crippen molar-refractivity contribution in [3.05, 3.63) is 31.6 Å². The number of hydrogen-bond acceptors (Lipinski definition) is 1. The molecule has 0 heterocycles. The molecule has 1 N–H and O–H groups in total. The Hall–Kier alpha value is 0.320. The molecule has 1 nitrogen and oxygen atoms in total. The lowest BCUT2D eigenvalue weighted by molar-refractivity contribution is 0.552. The van der Waals surface area contributed by atoms with Crippen molar-refractivity contribution in [2.75, 3.05) is 0 Å². The van der Waals surface area contributed by atoms with Crippen molar-refractivity contribution in [2.45, 2.75) is 26.4 Å². The zero-order chi connectivity index (χ0) is 10.7. The summed E-state index contributed by atoms with van der Waals surface area (Å²) >= 11 is 5.47. The minimum absolute atomic E-state index is 0.162. The SMILES string of the molecule is CC(C)NCc1cc(I)c(Br)cc1F. The highest BCUT2D eigenvalue weighted by Crippen LogP contribution is 2.22. The third kappa shape index (κ3) is 3.47. The highest BCUT2D eigenvalue weighted by atomic mass is 127. The maximum absolute atomic E-state index is 13.4. The summed E-state index contributed by atoms with van der Waals surface area (Å²) in [5, 5.41) is 3.19. The average molecular weight is 372 g/mol. The molecule has 0 bridgehead atoms. The van der Waals surface area contributed by atoms with Gasteiger partial charge in [0, 0.05) is 26.2 Å². The molecule has 4 heteroatoms. The molecule has 0 unspecified atom stereocenters. The van der Waals surface area contributed by atoms with E-state index in [1.165, 1.54) is 6.07 Å². The third-order valence-electron chi connectivity index (χ3n) is 1.79. The van der Waals surface area contributed by atoms with Crippen molar-refractivity contribution in [3.8, 4) is 0 Å². The van der Waals surface area contributed by atoms with Crippen molar-refractivity contribution in [1.82, 2.24) is 5.32 Å². The topological polar surface area (TPSA) is 12.0 Å². The standard InChI is InChI=1S/C10H12BrFIN/c1-6(2)14-5-7-3-10(13)8(11)4-9(7)12/h3-4,6,14H,5H2,1-2H3. The molecule has 0 saturated carbocycles. The summed E-state index contributed by atoms with van der Waals surface area (Å²) < 4.78 is 15.2. The van der Waals surface area contributed by atoms with Crippen LogP contribution in [0.2, 0.25) is 0 Å². The van der Waals surface area contributed by atoms with E-state index in [0.717, 1.165) is 8.04 Å². The molecule has 0 spiro atoms. The van der Waals surface area contributed by atoms with Gasteiger partial charge in [-0.25, -0.2) is 4.39 Å². The summed E-state index contributed by atoms with van der Waals surface area (Å²) in [6.45, 7) is 4.66. The van der Waals surface area contributed by atoms with Crippen LogP contribution in [0.25, 0.3) is 0 Å². The average Bonchev–Trinajstić information content (AvgIpc) is 2.09. The molecule has 0 aromatic heterocycles. The van der Waals surface area contributed by atoms with Crippen LogP contribution in [0.15, 0.2) is 16.6 Å². The second-order valence-electron chi connectivity index (χ2n) is 3.39. The molecule has 0 aliphatic rings. The van der Waals surface area contributed by atoms with Gasteiger partial charge in [0.2, 0.25) is 0 Å². The molecule has 0 amide bonds. The fourth-order valence-electron chi connectivity index (χ4n) is 1.01. The minimum atomic E-state index is -0.162.